The largest absolute Gasteiger partial charge is 0.394 e. The summed E-state index contributed by atoms with van der Waals surface area (Å²) in [4.78, 5) is 48.6. The van der Waals surface area contributed by atoms with Gasteiger partial charge < -0.3 is 35.4 Å². The number of likely N-dealkylation sites (tertiary alicyclic amines) is 1. The second-order valence-corrected chi connectivity index (χ2v) is 9.08. The maximum Gasteiger partial charge on any atom is 0.320 e. The van der Waals surface area contributed by atoms with Crippen molar-refractivity contribution in [3.8, 4) is 0 Å². The number of carbonyl (C=O) groups excluding carboxylic acids is 3. The second-order valence-electron chi connectivity index (χ2n) is 9.08. The molecular formula is C24H28F2N6O6. The van der Waals surface area contributed by atoms with E-state index in [0.29, 0.717) is 24.9 Å². The third-order valence-corrected chi connectivity index (χ3v) is 6.50. The number of aliphatic hydroxyl groups excluding tert-OH is 2. The minimum absolute atomic E-state index is 0.00940. The zero-order valence-corrected chi connectivity index (χ0v) is 20.5. The van der Waals surface area contributed by atoms with Crippen LogP contribution in [0.3, 0.4) is 0 Å². The van der Waals surface area contributed by atoms with Crippen molar-refractivity contribution in [2.75, 3.05) is 13.2 Å². The molecule has 12 nitrogen and oxygen atoms in total. The maximum absolute atomic E-state index is 14.5. The minimum Gasteiger partial charge on any atom is -0.394 e. The number of rotatable bonds is 6. The highest BCUT2D eigenvalue weighted by Gasteiger charge is 2.60. The molecule has 4 N–H and O–H groups in total. The lowest BCUT2D eigenvalue weighted by Gasteiger charge is -2.32. The number of carbonyl (C=O) groups is 3. The number of aliphatic imine (C=N–C) groups is 1. The third kappa shape index (κ3) is 5.28. The van der Waals surface area contributed by atoms with E-state index in [4.69, 9.17) is 4.74 Å². The van der Waals surface area contributed by atoms with Gasteiger partial charge in [-0.3, -0.25) is 19.4 Å². The number of alkyl halides is 2. The Balaban J connectivity index is 1.37. The van der Waals surface area contributed by atoms with Crippen LogP contribution in [0.25, 0.3) is 0 Å². The first-order chi connectivity index (χ1) is 18.0. The van der Waals surface area contributed by atoms with Crippen molar-refractivity contribution in [3.05, 3.63) is 54.8 Å². The number of halogens is 2. The van der Waals surface area contributed by atoms with Crippen LogP contribution in [0.4, 0.5) is 8.78 Å². The average molecular weight is 535 g/mol. The van der Waals surface area contributed by atoms with E-state index in [1.807, 2.05) is 0 Å². The molecule has 1 aromatic rings. The lowest BCUT2D eigenvalue weighted by molar-refractivity contribution is -0.148. The van der Waals surface area contributed by atoms with Crippen molar-refractivity contribution in [3.63, 3.8) is 0 Å². The van der Waals surface area contributed by atoms with Crippen LogP contribution in [0, 0.1) is 0 Å². The molecule has 0 saturated carbocycles. The first-order valence-electron chi connectivity index (χ1n) is 11.9. The van der Waals surface area contributed by atoms with Gasteiger partial charge in [0.2, 0.25) is 18.0 Å². The monoisotopic (exact) mass is 534 g/mol. The van der Waals surface area contributed by atoms with Crippen molar-refractivity contribution >= 4 is 23.6 Å². The normalized spacial score (nSPS) is 27.2. The van der Waals surface area contributed by atoms with E-state index >= 15 is 0 Å². The van der Waals surface area contributed by atoms with E-state index in [-0.39, 0.29) is 11.7 Å². The Labute approximate surface area is 216 Å². The molecule has 2 saturated heterocycles. The van der Waals surface area contributed by atoms with E-state index < -0.39 is 60.8 Å². The van der Waals surface area contributed by atoms with Gasteiger partial charge >= 0.3 is 5.92 Å². The summed E-state index contributed by atoms with van der Waals surface area (Å²) in [5.41, 5.74) is 0.342. The summed E-state index contributed by atoms with van der Waals surface area (Å²) in [6, 6.07) is 1.31. The number of amidine groups is 1. The SMILES string of the molecule is C=C1N=C(NC(=O)[C@@H]2CCCN2C(=O)[C@@H](C)NC(=O)c2ccncc2)C=CN1C1OC(CO)C(O)C1(F)F. The zero-order chi connectivity index (χ0) is 27.6. The van der Waals surface area contributed by atoms with Gasteiger partial charge in [-0.25, -0.2) is 4.99 Å². The number of ether oxygens (including phenoxy) is 1. The van der Waals surface area contributed by atoms with E-state index in [1.165, 1.54) is 48.6 Å². The van der Waals surface area contributed by atoms with Gasteiger partial charge in [0.15, 0.2) is 6.10 Å². The molecule has 3 aliphatic rings. The van der Waals surface area contributed by atoms with Crippen LogP contribution < -0.4 is 10.6 Å². The van der Waals surface area contributed by atoms with Crippen molar-refractivity contribution in [1.29, 1.82) is 0 Å². The first kappa shape index (κ1) is 27.3. The van der Waals surface area contributed by atoms with Gasteiger partial charge in [0.1, 0.15) is 29.8 Å². The molecule has 3 amide bonds. The van der Waals surface area contributed by atoms with Crippen LogP contribution in [0.15, 0.2) is 54.2 Å². The van der Waals surface area contributed by atoms with Crippen LogP contribution in [-0.2, 0) is 14.3 Å². The van der Waals surface area contributed by atoms with Crippen LogP contribution in [0.2, 0.25) is 0 Å². The number of nitrogens with one attached hydrogen (secondary N) is 2. The summed E-state index contributed by atoms with van der Waals surface area (Å²) in [6.07, 6.45) is 0.644. The van der Waals surface area contributed by atoms with Gasteiger partial charge in [0, 0.05) is 30.7 Å². The molecule has 4 heterocycles. The first-order valence-corrected chi connectivity index (χ1v) is 11.9. The molecule has 204 valence electrons. The third-order valence-electron chi connectivity index (χ3n) is 6.50. The van der Waals surface area contributed by atoms with Gasteiger partial charge in [-0.15, -0.1) is 0 Å². The van der Waals surface area contributed by atoms with Crippen molar-refractivity contribution in [2.45, 2.75) is 56.2 Å². The van der Waals surface area contributed by atoms with Crippen LogP contribution >= 0.6 is 0 Å². The van der Waals surface area contributed by atoms with Crippen molar-refractivity contribution in [1.82, 2.24) is 25.4 Å². The molecule has 38 heavy (non-hydrogen) atoms. The predicted molar refractivity (Wildman–Crippen MR) is 128 cm³/mol. The van der Waals surface area contributed by atoms with Gasteiger partial charge in [-0.1, -0.05) is 6.58 Å². The molecule has 3 unspecified atom stereocenters. The summed E-state index contributed by atoms with van der Waals surface area (Å²) in [6.45, 7) is 4.67. The summed E-state index contributed by atoms with van der Waals surface area (Å²) in [5.74, 6) is -5.32. The van der Waals surface area contributed by atoms with Gasteiger partial charge in [0.05, 0.1) is 6.61 Å². The summed E-state index contributed by atoms with van der Waals surface area (Å²) in [7, 11) is 0. The number of nitrogens with zero attached hydrogens (tertiary/aromatic N) is 4. The van der Waals surface area contributed by atoms with E-state index in [9.17, 15) is 33.4 Å². The fourth-order valence-corrected chi connectivity index (χ4v) is 4.48. The number of aliphatic hydroxyl groups is 2. The summed E-state index contributed by atoms with van der Waals surface area (Å²) < 4.78 is 34.1. The fourth-order valence-electron chi connectivity index (χ4n) is 4.48. The van der Waals surface area contributed by atoms with Crippen molar-refractivity contribution < 1.29 is 38.1 Å². The molecule has 0 spiro atoms. The topological polar surface area (TPSA) is 157 Å². The van der Waals surface area contributed by atoms with Gasteiger partial charge in [0.25, 0.3) is 5.91 Å². The lowest BCUT2D eigenvalue weighted by atomic mass is 10.1. The molecule has 3 aliphatic heterocycles. The van der Waals surface area contributed by atoms with E-state index in [1.54, 1.807) is 0 Å². The number of aromatic nitrogens is 1. The smallest absolute Gasteiger partial charge is 0.320 e. The Morgan fingerprint density at radius 2 is 2.03 bits per heavy atom. The number of amides is 3. The molecule has 5 atom stereocenters. The maximum atomic E-state index is 14.5. The molecule has 2 fully saturated rings. The lowest BCUT2D eigenvalue weighted by Crippen LogP contribution is -2.53. The Morgan fingerprint density at radius 1 is 1.32 bits per heavy atom. The Morgan fingerprint density at radius 3 is 2.66 bits per heavy atom. The zero-order valence-electron chi connectivity index (χ0n) is 20.5. The van der Waals surface area contributed by atoms with Gasteiger partial charge in [-0.05, 0) is 38.0 Å². The Hall–Kier alpha value is -3.75. The Kier molecular flexibility index (Phi) is 7.85. The highest BCUT2D eigenvalue weighted by molar-refractivity contribution is 6.07. The molecule has 14 heteroatoms. The molecule has 4 rings (SSSR count). The van der Waals surface area contributed by atoms with Crippen LogP contribution in [0.5, 0.6) is 0 Å². The Bertz CT molecular complexity index is 1160. The second kappa shape index (κ2) is 10.9. The molecule has 0 bridgehead atoms. The van der Waals surface area contributed by atoms with E-state index in [2.05, 4.69) is 27.2 Å². The average Bonchev–Trinajstić information content (AvgIpc) is 3.47. The summed E-state index contributed by atoms with van der Waals surface area (Å²) in [5, 5.41) is 24.1. The quantitative estimate of drug-likeness (QED) is 0.388. The molecule has 0 aliphatic carbocycles. The molecule has 0 aromatic carbocycles. The highest BCUT2D eigenvalue weighted by Crippen LogP contribution is 2.39. The summed E-state index contributed by atoms with van der Waals surface area (Å²) >= 11 is 0. The van der Waals surface area contributed by atoms with Crippen LogP contribution in [-0.4, -0.2) is 98.1 Å². The van der Waals surface area contributed by atoms with E-state index in [0.717, 1.165) is 4.90 Å². The standard InChI is InChI=1S/C24H28F2N6O6/c1-13(28-20(35)15-5-8-27-9-6-15)22(37)32-10-3-4-16(32)21(36)30-18-7-11-31(14(2)29-18)23-24(25,26)19(34)17(12-33)38-23/h5-9,11,13,16-17,19,23,33-34H,2-4,10,12H2,1H3,(H,28,35)(H,29,30,36)/t13-,16+,17?,19?,23?/m1/s1. The van der Waals surface area contributed by atoms with Crippen molar-refractivity contribution in [2.24, 2.45) is 4.99 Å². The number of hydrogen-bond acceptors (Lipinski definition) is 9. The molecule has 0 radical (unpaired) electrons. The number of pyridine rings is 1. The van der Waals surface area contributed by atoms with Gasteiger partial charge in [-0.2, -0.15) is 8.78 Å². The molecular weight excluding hydrogens is 506 g/mol. The van der Waals surface area contributed by atoms with Crippen LogP contribution in [0.1, 0.15) is 30.1 Å². The highest BCUT2D eigenvalue weighted by atomic mass is 19.3. The minimum atomic E-state index is -3.72. The predicted octanol–water partition coefficient (Wildman–Crippen LogP) is -0.280. The molecule has 1 aromatic heterocycles. The number of hydrogen-bond donors (Lipinski definition) is 4. The fraction of sp³-hybridized carbons (Fsp3) is 0.458.